The number of nitrogens with one attached hydrogen (secondary N) is 2. The summed E-state index contributed by atoms with van der Waals surface area (Å²) >= 11 is 13.6. The topological polar surface area (TPSA) is 83.9 Å². The zero-order valence-corrected chi connectivity index (χ0v) is 15.7. The summed E-state index contributed by atoms with van der Waals surface area (Å²) in [5.74, 6) is 1.03. The largest absolute Gasteiger partial charge is 0.493 e. The SMILES string of the molecule is O=c1[nH]c2ccc(OCCCSc3nc4cc(Cl)c(Cl)cc4[nH]3)cc2o1. The molecule has 0 amide bonds. The Bertz CT molecular complexity index is 1100. The van der Waals surface area contributed by atoms with Gasteiger partial charge in [0.2, 0.25) is 0 Å². The van der Waals surface area contributed by atoms with Crippen molar-refractivity contribution < 1.29 is 9.15 Å². The molecule has 0 bridgehead atoms. The summed E-state index contributed by atoms with van der Waals surface area (Å²) in [5.41, 5.74) is 2.79. The fraction of sp³-hybridized carbons (Fsp3) is 0.176. The summed E-state index contributed by atoms with van der Waals surface area (Å²) in [4.78, 5) is 21.4. The number of ether oxygens (including phenoxy) is 1. The van der Waals surface area contributed by atoms with Crippen LogP contribution in [0, 0.1) is 0 Å². The van der Waals surface area contributed by atoms with Crippen LogP contribution in [0.2, 0.25) is 10.0 Å². The molecule has 0 atom stereocenters. The fourth-order valence-electron chi connectivity index (χ4n) is 2.48. The van der Waals surface area contributed by atoms with E-state index in [9.17, 15) is 4.79 Å². The van der Waals surface area contributed by atoms with Gasteiger partial charge in [-0.05, 0) is 30.7 Å². The number of H-pyrrole nitrogens is 2. The number of rotatable bonds is 6. The van der Waals surface area contributed by atoms with Crippen LogP contribution < -0.4 is 10.5 Å². The molecule has 9 heteroatoms. The van der Waals surface area contributed by atoms with Gasteiger partial charge >= 0.3 is 5.76 Å². The molecular weight excluding hydrogens is 397 g/mol. The maximum atomic E-state index is 11.1. The first-order valence-corrected chi connectivity index (χ1v) is 9.56. The Morgan fingerprint density at radius 3 is 2.85 bits per heavy atom. The number of hydrogen-bond donors (Lipinski definition) is 2. The van der Waals surface area contributed by atoms with Crippen molar-refractivity contribution in [1.82, 2.24) is 15.0 Å². The number of thioether (sulfide) groups is 1. The molecule has 0 aliphatic rings. The van der Waals surface area contributed by atoms with Crippen molar-refractivity contribution in [3.05, 3.63) is 50.9 Å². The molecule has 2 N–H and O–H groups in total. The molecule has 26 heavy (non-hydrogen) atoms. The zero-order chi connectivity index (χ0) is 18.1. The lowest BCUT2D eigenvalue weighted by atomic mass is 10.3. The number of fused-ring (bicyclic) bond motifs is 2. The van der Waals surface area contributed by atoms with Crippen LogP contribution in [-0.4, -0.2) is 27.3 Å². The molecule has 0 fully saturated rings. The van der Waals surface area contributed by atoms with Crippen LogP contribution >= 0.6 is 35.0 Å². The van der Waals surface area contributed by atoms with Crippen LogP contribution in [0.25, 0.3) is 22.1 Å². The minimum Gasteiger partial charge on any atom is -0.493 e. The highest BCUT2D eigenvalue weighted by atomic mass is 35.5. The lowest BCUT2D eigenvalue weighted by molar-refractivity contribution is 0.318. The number of halogens is 2. The Labute approximate surface area is 161 Å². The first kappa shape index (κ1) is 17.3. The van der Waals surface area contributed by atoms with Gasteiger partial charge in [0.15, 0.2) is 10.7 Å². The standard InChI is InChI=1S/C17H13Cl2N3O3S/c18-10-7-13-14(8-11(10)19)21-16(20-13)26-5-1-4-24-9-2-3-12-15(6-9)25-17(23)22-12/h2-3,6-8H,1,4-5H2,(H,20,21)(H,22,23). The number of imidazole rings is 1. The number of aromatic amines is 2. The van der Waals surface area contributed by atoms with Crippen molar-refractivity contribution in [1.29, 1.82) is 0 Å². The first-order chi connectivity index (χ1) is 12.6. The van der Waals surface area contributed by atoms with E-state index in [0.29, 0.717) is 33.5 Å². The van der Waals surface area contributed by atoms with Crippen LogP contribution in [0.3, 0.4) is 0 Å². The molecule has 2 aromatic heterocycles. The molecule has 134 valence electrons. The van der Waals surface area contributed by atoms with Gasteiger partial charge in [0.25, 0.3) is 0 Å². The fourth-order valence-corrected chi connectivity index (χ4v) is 3.61. The monoisotopic (exact) mass is 409 g/mol. The molecule has 4 rings (SSSR count). The predicted molar refractivity (Wildman–Crippen MR) is 104 cm³/mol. The molecule has 0 radical (unpaired) electrons. The second kappa shape index (κ2) is 7.26. The first-order valence-electron chi connectivity index (χ1n) is 7.82. The summed E-state index contributed by atoms with van der Waals surface area (Å²) in [6.45, 7) is 0.547. The number of nitrogens with zero attached hydrogens (tertiary/aromatic N) is 1. The number of benzene rings is 2. The summed E-state index contributed by atoms with van der Waals surface area (Å²) in [7, 11) is 0. The van der Waals surface area contributed by atoms with Gasteiger partial charge < -0.3 is 14.1 Å². The molecule has 0 aliphatic heterocycles. The Morgan fingerprint density at radius 1 is 1.12 bits per heavy atom. The Hall–Kier alpha value is -2.09. The van der Waals surface area contributed by atoms with E-state index in [4.69, 9.17) is 32.4 Å². The van der Waals surface area contributed by atoms with Crippen LogP contribution in [-0.2, 0) is 0 Å². The van der Waals surface area contributed by atoms with E-state index in [1.807, 2.05) is 0 Å². The summed E-state index contributed by atoms with van der Waals surface area (Å²) in [5, 5.41) is 1.81. The van der Waals surface area contributed by atoms with Crippen LogP contribution in [0.5, 0.6) is 5.75 Å². The quantitative estimate of drug-likeness (QED) is 0.350. The second-order valence-corrected chi connectivity index (χ2v) is 7.45. The Balaban J connectivity index is 1.30. The molecule has 4 aromatic rings. The van der Waals surface area contributed by atoms with Gasteiger partial charge in [0.1, 0.15) is 5.75 Å². The third-order valence-corrected chi connectivity index (χ3v) is 5.37. The highest BCUT2D eigenvalue weighted by Gasteiger charge is 2.07. The molecule has 0 saturated carbocycles. The van der Waals surface area contributed by atoms with E-state index in [-0.39, 0.29) is 0 Å². The van der Waals surface area contributed by atoms with Gasteiger partial charge in [-0.1, -0.05) is 35.0 Å². The zero-order valence-electron chi connectivity index (χ0n) is 13.3. The van der Waals surface area contributed by atoms with Crippen molar-refractivity contribution in [3.8, 4) is 5.75 Å². The highest BCUT2D eigenvalue weighted by Crippen LogP contribution is 2.28. The summed E-state index contributed by atoms with van der Waals surface area (Å²) in [6, 6.07) is 8.78. The smallest absolute Gasteiger partial charge is 0.417 e. The van der Waals surface area contributed by atoms with Gasteiger partial charge in [-0.3, -0.25) is 4.98 Å². The Kier molecular flexibility index (Phi) is 4.84. The Morgan fingerprint density at radius 2 is 1.96 bits per heavy atom. The van der Waals surface area contributed by atoms with Crippen molar-refractivity contribution in [2.75, 3.05) is 12.4 Å². The van der Waals surface area contributed by atoms with Gasteiger partial charge in [-0.25, -0.2) is 9.78 Å². The van der Waals surface area contributed by atoms with E-state index >= 15 is 0 Å². The van der Waals surface area contributed by atoms with E-state index in [0.717, 1.165) is 28.4 Å². The average Bonchev–Trinajstić information content (AvgIpc) is 3.16. The minimum atomic E-state index is -0.470. The van der Waals surface area contributed by atoms with E-state index in [2.05, 4.69) is 15.0 Å². The normalized spacial score (nSPS) is 11.5. The van der Waals surface area contributed by atoms with Gasteiger partial charge in [0.05, 0.1) is 33.2 Å². The van der Waals surface area contributed by atoms with Crippen molar-refractivity contribution >= 4 is 57.1 Å². The van der Waals surface area contributed by atoms with E-state index in [1.165, 1.54) is 0 Å². The summed E-state index contributed by atoms with van der Waals surface area (Å²) in [6.07, 6.45) is 0.832. The highest BCUT2D eigenvalue weighted by molar-refractivity contribution is 7.99. The molecule has 0 aliphatic carbocycles. The summed E-state index contributed by atoms with van der Waals surface area (Å²) < 4.78 is 10.7. The van der Waals surface area contributed by atoms with Crippen molar-refractivity contribution in [3.63, 3.8) is 0 Å². The van der Waals surface area contributed by atoms with E-state index in [1.54, 1.807) is 42.1 Å². The number of oxazole rings is 1. The molecule has 6 nitrogen and oxygen atoms in total. The molecule has 0 spiro atoms. The molecule has 2 aromatic carbocycles. The minimum absolute atomic E-state index is 0.470. The third-order valence-electron chi connectivity index (χ3n) is 3.69. The molecule has 0 saturated heterocycles. The van der Waals surface area contributed by atoms with E-state index < -0.39 is 5.76 Å². The van der Waals surface area contributed by atoms with Crippen molar-refractivity contribution in [2.24, 2.45) is 0 Å². The third kappa shape index (κ3) is 3.70. The average molecular weight is 410 g/mol. The second-order valence-electron chi connectivity index (χ2n) is 5.55. The predicted octanol–water partition coefficient (Wildman–Crippen LogP) is 4.87. The van der Waals surface area contributed by atoms with Crippen LogP contribution in [0.4, 0.5) is 0 Å². The van der Waals surface area contributed by atoms with Crippen molar-refractivity contribution in [2.45, 2.75) is 11.6 Å². The lowest BCUT2D eigenvalue weighted by Gasteiger charge is -2.05. The van der Waals surface area contributed by atoms with Gasteiger partial charge in [-0.15, -0.1) is 0 Å². The van der Waals surface area contributed by atoms with Gasteiger partial charge in [0, 0.05) is 11.8 Å². The molecular formula is C17H13Cl2N3O3S. The molecule has 2 heterocycles. The number of aromatic nitrogens is 3. The molecule has 0 unspecified atom stereocenters. The number of hydrogen-bond acceptors (Lipinski definition) is 5. The van der Waals surface area contributed by atoms with Crippen LogP contribution in [0.1, 0.15) is 6.42 Å². The maximum absolute atomic E-state index is 11.1. The van der Waals surface area contributed by atoms with Crippen LogP contribution in [0.15, 0.2) is 44.7 Å². The van der Waals surface area contributed by atoms with Gasteiger partial charge in [-0.2, -0.15) is 0 Å². The lowest BCUT2D eigenvalue weighted by Crippen LogP contribution is -1.98. The maximum Gasteiger partial charge on any atom is 0.417 e.